The van der Waals surface area contributed by atoms with Crippen molar-refractivity contribution in [3.8, 4) is 11.8 Å². The van der Waals surface area contributed by atoms with E-state index in [-0.39, 0.29) is 22.7 Å². The maximum atomic E-state index is 13.5. The van der Waals surface area contributed by atoms with E-state index in [1.807, 2.05) is 6.92 Å². The average molecular weight is 660 g/mol. The number of allylic oxidation sites excluding steroid dienone is 1. The lowest BCUT2D eigenvalue weighted by atomic mass is 9.95. The molecule has 2 atom stereocenters. The summed E-state index contributed by atoms with van der Waals surface area (Å²) in [6, 6.07) is 9.33. The molecule has 46 heavy (non-hydrogen) atoms. The highest BCUT2D eigenvalue weighted by Gasteiger charge is 2.34. The number of hydrogen-bond acceptors (Lipinski definition) is 7. The number of carbonyl (C=O) groups excluding carboxylic acids is 1. The Morgan fingerprint density at radius 2 is 1.93 bits per heavy atom. The van der Waals surface area contributed by atoms with Crippen LogP contribution >= 0.6 is 0 Å². The van der Waals surface area contributed by atoms with Crippen molar-refractivity contribution in [2.45, 2.75) is 82.8 Å². The van der Waals surface area contributed by atoms with E-state index in [1.54, 1.807) is 26.1 Å². The molecule has 1 amide bonds. The smallest absolute Gasteiger partial charge is 0.417 e. The van der Waals surface area contributed by atoms with E-state index >= 15 is 0 Å². The summed E-state index contributed by atoms with van der Waals surface area (Å²) >= 11 is 0. The molecule has 2 aromatic carbocycles. The van der Waals surface area contributed by atoms with Crippen LogP contribution in [0.4, 0.5) is 13.2 Å². The Morgan fingerprint density at radius 1 is 1.17 bits per heavy atom. The lowest BCUT2D eigenvalue weighted by Gasteiger charge is -2.17. The molecule has 2 N–H and O–H groups in total. The zero-order chi connectivity index (χ0) is 33.9. The molecular formula is C33H40F3N5O4S. The Morgan fingerprint density at radius 3 is 2.59 bits per heavy atom. The average Bonchev–Trinajstić information content (AvgIpc) is 3.45. The molecular weight excluding hydrogens is 619 g/mol. The number of aryl methyl sites for hydroxylation is 1. The molecule has 0 saturated heterocycles. The lowest BCUT2D eigenvalue weighted by molar-refractivity contribution is -0.137. The number of amidine groups is 1. The van der Waals surface area contributed by atoms with Gasteiger partial charge in [-0.1, -0.05) is 19.4 Å². The van der Waals surface area contributed by atoms with E-state index in [0.717, 1.165) is 25.3 Å². The van der Waals surface area contributed by atoms with Crippen molar-refractivity contribution in [3.63, 3.8) is 0 Å². The van der Waals surface area contributed by atoms with Gasteiger partial charge in [0.05, 0.1) is 34.3 Å². The Kier molecular flexibility index (Phi) is 13.1. The van der Waals surface area contributed by atoms with Crippen molar-refractivity contribution in [2.24, 2.45) is 15.9 Å². The molecule has 1 saturated carbocycles. The predicted molar refractivity (Wildman–Crippen MR) is 171 cm³/mol. The fraction of sp³-hybridized carbons (Fsp3) is 0.455. The van der Waals surface area contributed by atoms with E-state index in [4.69, 9.17) is 10.00 Å². The molecule has 0 heterocycles. The first-order valence-corrected chi connectivity index (χ1v) is 16.7. The van der Waals surface area contributed by atoms with Gasteiger partial charge in [-0.05, 0) is 94.2 Å². The maximum Gasteiger partial charge on any atom is 0.417 e. The van der Waals surface area contributed by atoms with Crippen molar-refractivity contribution in [1.29, 1.82) is 5.26 Å². The quantitative estimate of drug-likeness (QED) is 0.148. The number of unbranched alkanes of at least 4 members (excludes halogenated alkanes) is 1. The Bertz CT molecular complexity index is 1630. The number of aliphatic imine (C=N–C) groups is 2. The number of carbonyl (C=O) groups is 1. The second kappa shape index (κ2) is 16.5. The van der Waals surface area contributed by atoms with Crippen LogP contribution in [0.5, 0.6) is 5.75 Å². The highest BCUT2D eigenvalue weighted by atomic mass is 32.2. The van der Waals surface area contributed by atoms with Crippen LogP contribution in [0.3, 0.4) is 0 Å². The molecule has 0 aromatic heterocycles. The van der Waals surface area contributed by atoms with Crippen molar-refractivity contribution in [1.82, 2.24) is 10.0 Å². The summed E-state index contributed by atoms with van der Waals surface area (Å²) in [5.41, 5.74) is -0.0787. The van der Waals surface area contributed by atoms with Crippen LogP contribution in [0.25, 0.3) is 0 Å². The number of halogens is 3. The molecule has 1 aliphatic rings. The zero-order valence-electron chi connectivity index (χ0n) is 26.4. The van der Waals surface area contributed by atoms with Crippen LogP contribution in [-0.2, 0) is 27.4 Å². The molecule has 0 aliphatic heterocycles. The summed E-state index contributed by atoms with van der Waals surface area (Å²) in [7, 11) is -2.51. The molecule has 0 bridgehead atoms. The summed E-state index contributed by atoms with van der Waals surface area (Å²) in [5.74, 6) is 0.115. The van der Waals surface area contributed by atoms with E-state index in [0.29, 0.717) is 54.9 Å². The van der Waals surface area contributed by atoms with Gasteiger partial charge in [0.2, 0.25) is 10.0 Å². The number of rotatable bonds is 13. The number of amides is 1. The van der Waals surface area contributed by atoms with Gasteiger partial charge in [-0.15, -0.1) is 0 Å². The first-order valence-electron chi connectivity index (χ1n) is 15.2. The first kappa shape index (κ1) is 36.4. The minimum atomic E-state index is -4.62. The largest absolute Gasteiger partial charge is 0.493 e. The summed E-state index contributed by atoms with van der Waals surface area (Å²) < 4.78 is 75.4. The molecule has 0 spiro atoms. The summed E-state index contributed by atoms with van der Waals surface area (Å²) in [6.07, 6.45) is 2.96. The first-order chi connectivity index (χ1) is 21.8. The molecule has 9 nitrogen and oxygen atoms in total. The van der Waals surface area contributed by atoms with Gasteiger partial charge < -0.3 is 10.1 Å². The number of benzene rings is 2. The molecule has 1 aliphatic carbocycles. The SMILES string of the molecule is CCCC=NC(C)=CC(=O)NC(=NC)c1cc(S(=O)(=O)NC2CCC(CCc3ccc(C#N)c(C(F)(F)F)c3)C2)ccc1OCC. The van der Waals surface area contributed by atoms with Gasteiger partial charge in [0.1, 0.15) is 11.6 Å². The highest BCUT2D eigenvalue weighted by Crippen LogP contribution is 2.34. The summed E-state index contributed by atoms with van der Waals surface area (Å²) in [6.45, 7) is 5.80. The van der Waals surface area contributed by atoms with Gasteiger partial charge in [0, 0.05) is 31.1 Å². The molecule has 2 unspecified atom stereocenters. The number of nitrogens with one attached hydrogen (secondary N) is 2. The van der Waals surface area contributed by atoms with Crippen molar-refractivity contribution < 1.29 is 31.1 Å². The molecule has 1 fully saturated rings. The van der Waals surface area contributed by atoms with Crippen LogP contribution in [0.15, 0.2) is 63.1 Å². The monoisotopic (exact) mass is 659 g/mol. The third kappa shape index (κ3) is 10.3. The minimum Gasteiger partial charge on any atom is -0.493 e. The lowest BCUT2D eigenvalue weighted by Crippen LogP contribution is -2.34. The van der Waals surface area contributed by atoms with Gasteiger partial charge in [-0.2, -0.15) is 18.4 Å². The second-order valence-electron chi connectivity index (χ2n) is 11.1. The minimum absolute atomic E-state index is 0.0297. The molecule has 3 rings (SSSR count). The van der Waals surface area contributed by atoms with E-state index in [9.17, 15) is 26.4 Å². The number of sulfonamides is 1. The number of nitriles is 1. The zero-order valence-corrected chi connectivity index (χ0v) is 27.3. The van der Waals surface area contributed by atoms with Crippen LogP contribution < -0.4 is 14.8 Å². The number of ether oxygens (including phenoxy) is 1. The Labute approximate surface area is 268 Å². The fourth-order valence-electron chi connectivity index (χ4n) is 5.29. The third-order valence-corrected chi connectivity index (χ3v) is 9.07. The molecule has 248 valence electrons. The number of nitrogens with zero attached hydrogens (tertiary/aromatic N) is 3. The van der Waals surface area contributed by atoms with Crippen molar-refractivity contribution >= 4 is 28.0 Å². The van der Waals surface area contributed by atoms with Crippen LogP contribution in [-0.4, -0.2) is 46.1 Å². The molecule has 13 heteroatoms. The third-order valence-electron chi connectivity index (χ3n) is 7.55. The molecule has 0 radical (unpaired) electrons. The van der Waals surface area contributed by atoms with Gasteiger partial charge in [0.15, 0.2) is 0 Å². The summed E-state index contributed by atoms with van der Waals surface area (Å²) in [5, 5.41) is 11.7. The van der Waals surface area contributed by atoms with Gasteiger partial charge in [0.25, 0.3) is 5.91 Å². The fourth-order valence-corrected chi connectivity index (χ4v) is 6.59. The van der Waals surface area contributed by atoms with E-state index in [1.165, 1.54) is 43.5 Å². The highest BCUT2D eigenvalue weighted by molar-refractivity contribution is 7.89. The maximum absolute atomic E-state index is 13.5. The van der Waals surface area contributed by atoms with Crippen LogP contribution in [0, 0.1) is 17.2 Å². The van der Waals surface area contributed by atoms with E-state index in [2.05, 4.69) is 20.0 Å². The van der Waals surface area contributed by atoms with Gasteiger partial charge in [-0.3, -0.25) is 14.8 Å². The number of alkyl halides is 3. The van der Waals surface area contributed by atoms with Crippen LogP contribution in [0.2, 0.25) is 0 Å². The second-order valence-corrected chi connectivity index (χ2v) is 12.8. The van der Waals surface area contributed by atoms with Gasteiger partial charge >= 0.3 is 6.18 Å². The predicted octanol–water partition coefficient (Wildman–Crippen LogP) is 6.32. The van der Waals surface area contributed by atoms with E-state index < -0.39 is 33.2 Å². The Balaban J connectivity index is 1.71. The summed E-state index contributed by atoms with van der Waals surface area (Å²) in [4.78, 5) is 21.1. The van der Waals surface area contributed by atoms with Crippen molar-refractivity contribution in [2.75, 3.05) is 13.7 Å². The topological polar surface area (TPSA) is 133 Å². The van der Waals surface area contributed by atoms with Gasteiger partial charge in [-0.25, -0.2) is 13.1 Å². The Hall–Kier alpha value is -4.02. The molecule has 2 aromatic rings. The standard InChI is InChI=1S/C33H40F3N5O4S/c1-5-7-16-39-22(3)17-31(42)40-32(38-4)28-20-27(14-15-30(28)45-6-2)46(43,44)41-26-13-11-23(18-26)8-9-24-10-12-25(21-37)29(19-24)33(34,35)36/h10,12,14-17,19-20,23,26,41H,5-9,11,13,18H2,1-4H3,(H,38,40,42). The van der Waals surface area contributed by atoms with Crippen LogP contribution in [0.1, 0.15) is 81.5 Å². The normalized spacial score (nSPS) is 17.7. The van der Waals surface area contributed by atoms with Crippen molar-refractivity contribution in [3.05, 3.63) is 70.4 Å². The number of hydrogen-bond donors (Lipinski definition) is 2.